The number of nitrogens with zero attached hydrogens (tertiary/aromatic N) is 2. The van der Waals surface area contributed by atoms with Gasteiger partial charge in [-0.3, -0.25) is 0 Å². The molecule has 1 rings (SSSR count). The molecule has 0 aliphatic rings. The first-order chi connectivity index (χ1) is 5.81. The molecule has 2 N–H and O–H groups in total. The first kappa shape index (κ1) is 16.7. The Labute approximate surface area is 111 Å². The molecule has 0 fully saturated rings. The molecule has 1 aromatic rings. The molecule has 1 aromatic heterocycles. The Morgan fingerprint density at radius 1 is 1.57 bits per heavy atom. The number of hydrogen-bond donors (Lipinski definition) is 2. The van der Waals surface area contributed by atoms with Crippen molar-refractivity contribution in [3.63, 3.8) is 0 Å². The van der Waals surface area contributed by atoms with Gasteiger partial charge in [-0.1, -0.05) is 11.8 Å². The fourth-order valence-electron chi connectivity index (χ4n) is 0.821. The van der Waals surface area contributed by atoms with Gasteiger partial charge in [-0.15, -0.1) is 0 Å². The zero-order valence-electron chi connectivity index (χ0n) is 7.03. The van der Waals surface area contributed by atoms with E-state index in [-0.39, 0.29) is 42.8 Å². The van der Waals surface area contributed by atoms with Crippen molar-refractivity contribution in [2.45, 2.75) is 11.8 Å². The Morgan fingerprint density at radius 3 is 2.64 bits per heavy atom. The van der Waals surface area contributed by atoms with Crippen LogP contribution < -0.4 is 5.32 Å². The minimum atomic E-state index is -0.0369. The van der Waals surface area contributed by atoms with Gasteiger partial charge in [0.2, 0.25) is 0 Å². The third-order valence-corrected chi connectivity index (χ3v) is 1.99. The third kappa shape index (κ3) is 4.23. The quantitative estimate of drug-likeness (QED) is 0.387. The van der Waals surface area contributed by atoms with E-state index in [1.807, 2.05) is 6.26 Å². The van der Waals surface area contributed by atoms with Crippen LogP contribution in [0, 0.1) is 0 Å². The van der Waals surface area contributed by atoms with Crippen LogP contribution in [-0.2, 0) is 6.61 Å². The average molecular weight is 223 g/mol. The average Bonchev–Trinajstić information content (AvgIpc) is 2.16. The van der Waals surface area contributed by atoms with Gasteiger partial charge in [0.15, 0.2) is 22.5 Å². The first-order valence-electron chi connectivity index (χ1n) is 3.50. The summed E-state index contributed by atoms with van der Waals surface area (Å²) in [5, 5.41) is 12.5. The predicted molar refractivity (Wildman–Crippen MR) is 66.4 cm³/mol. The predicted octanol–water partition coefficient (Wildman–Crippen LogP) is -1.10. The van der Waals surface area contributed by atoms with Gasteiger partial charge in [-0.25, -0.2) is 9.97 Å². The van der Waals surface area contributed by atoms with Crippen molar-refractivity contribution in [1.82, 2.24) is 9.97 Å². The summed E-state index contributed by atoms with van der Waals surface area (Å²) >= 11 is 1.47. The molecule has 0 atom stereocenters. The van der Waals surface area contributed by atoms with E-state index in [9.17, 15) is 0 Å². The molecule has 0 spiro atoms. The molecule has 0 bridgehead atoms. The van der Waals surface area contributed by atoms with Gasteiger partial charge in [0.1, 0.15) is 5.82 Å². The molecule has 0 amide bonds. The maximum absolute atomic E-state index is 8.89. The SMILES string of the molecule is CNc1nc(SC)ncc1CO.[AlH3].[LiH]. The number of aliphatic hydroxyl groups excluding tert-OH is 1. The molecule has 0 aromatic carbocycles. The number of aromatic nitrogens is 2. The summed E-state index contributed by atoms with van der Waals surface area (Å²) in [5.74, 6) is 0.692. The van der Waals surface area contributed by atoms with Crippen LogP contribution in [0.3, 0.4) is 0 Å². The number of anilines is 1. The Bertz CT molecular complexity index is 277. The van der Waals surface area contributed by atoms with Crippen molar-refractivity contribution < 1.29 is 5.11 Å². The number of thioether (sulfide) groups is 1. The van der Waals surface area contributed by atoms with Crippen molar-refractivity contribution in [1.29, 1.82) is 0 Å². The summed E-state index contributed by atoms with van der Waals surface area (Å²) in [4.78, 5) is 8.19. The van der Waals surface area contributed by atoms with Crippen LogP contribution in [0.4, 0.5) is 5.82 Å². The van der Waals surface area contributed by atoms with Gasteiger partial charge in [0.25, 0.3) is 0 Å². The molecule has 4 nitrogen and oxygen atoms in total. The van der Waals surface area contributed by atoms with Crippen molar-refractivity contribution in [3.8, 4) is 0 Å². The van der Waals surface area contributed by atoms with Gasteiger partial charge in [0, 0.05) is 18.8 Å². The van der Waals surface area contributed by atoms with Crippen LogP contribution in [0.1, 0.15) is 5.56 Å². The number of hydrogen-bond acceptors (Lipinski definition) is 5. The summed E-state index contributed by atoms with van der Waals surface area (Å²) in [6, 6.07) is 0. The molecular formula is C7H15AlLiN3OS. The van der Waals surface area contributed by atoms with E-state index in [4.69, 9.17) is 5.11 Å². The number of rotatable bonds is 3. The Morgan fingerprint density at radius 2 is 2.21 bits per heavy atom. The fourth-order valence-corrected chi connectivity index (χ4v) is 1.16. The molecular weight excluding hydrogens is 208 g/mol. The second kappa shape index (κ2) is 8.61. The molecule has 74 valence electrons. The molecule has 0 aliphatic heterocycles. The molecule has 7 heteroatoms. The van der Waals surface area contributed by atoms with E-state index in [1.54, 1.807) is 13.2 Å². The zero-order valence-corrected chi connectivity index (χ0v) is 7.85. The van der Waals surface area contributed by atoms with Crippen molar-refractivity contribution in [3.05, 3.63) is 11.8 Å². The van der Waals surface area contributed by atoms with E-state index < -0.39 is 0 Å². The monoisotopic (exact) mass is 223 g/mol. The first-order valence-corrected chi connectivity index (χ1v) is 4.72. The van der Waals surface area contributed by atoms with Gasteiger partial charge >= 0.3 is 18.9 Å². The van der Waals surface area contributed by atoms with Crippen molar-refractivity contribution in [2.75, 3.05) is 18.6 Å². The van der Waals surface area contributed by atoms with Gasteiger partial charge in [-0.05, 0) is 6.26 Å². The molecule has 1 heterocycles. The summed E-state index contributed by atoms with van der Waals surface area (Å²) in [6.45, 7) is -0.0369. The van der Waals surface area contributed by atoms with Crippen molar-refractivity contribution >= 4 is 53.8 Å². The van der Waals surface area contributed by atoms with Gasteiger partial charge in [0.05, 0.1) is 6.61 Å². The molecule has 0 saturated heterocycles. The molecule has 0 radical (unpaired) electrons. The molecule has 0 saturated carbocycles. The second-order valence-electron chi connectivity index (χ2n) is 2.14. The topological polar surface area (TPSA) is 58.0 Å². The van der Waals surface area contributed by atoms with E-state index in [1.165, 1.54) is 11.8 Å². The van der Waals surface area contributed by atoms with E-state index in [2.05, 4.69) is 15.3 Å². The van der Waals surface area contributed by atoms with E-state index >= 15 is 0 Å². The fraction of sp³-hybridized carbons (Fsp3) is 0.429. The van der Waals surface area contributed by atoms with Crippen LogP contribution in [0.5, 0.6) is 0 Å². The van der Waals surface area contributed by atoms with Crippen LogP contribution in [0.25, 0.3) is 0 Å². The molecule has 0 unspecified atom stereocenters. The number of aliphatic hydroxyl groups is 1. The van der Waals surface area contributed by atoms with E-state index in [0.29, 0.717) is 11.0 Å². The minimum absolute atomic E-state index is 0. The maximum atomic E-state index is 8.89. The Balaban J connectivity index is 0. The Hall–Kier alpha value is 0.320. The summed E-state index contributed by atoms with van der Waals surface area (Å²) in [6.07, 6.45) is 3.54. The second-order valence-corrected chi connectivity index (χ2v) is 2.91. The van der Waals surface area contributed by atoms with Gasteiger partial charge < -0.3 is 10.4 Å². The molecule has 0 aliphatic carbocycles. The van der Waals surface area contributed by atoms with Crippen LogP contribution in [0.15, 0.2) is 11.4 Å². The molecule has 14 heavy (non-hydrogen) atoms. The van der Waals surface area contributed by atoms with Crippen molar-refractivity contribution in [2.24, 2.45) is 0 Å². The van der Waals surface area contributed by atoms with Crippen LogP contribution in [0.2, 0.25) is 0 Å². The summed E-state index contributed by atoms with van der Waals surface area (Å²) in [7, 11) is 1.77. The van der Waals surface area contributed by atoms with E-state index in [0.717, 1.165) is 5.56 Å². The third-order valence-electron chi connectivity index (χ3n) is 1.43. The standard InChI is InChI=1S/C7H11N3OS.Al.Li.4H/c1-8-6-5(4-11)3-9-7(10-6)12-2;;;;;;/h3,11H,4H2,1-2H3,(H,8,9,10);;;;;;. The Kier molecular flexibility index (Phi) is 10.3. The van der Waals surface area contributed by atoms with Gasteiger partial charge in [-0.2, -0.15) is 0 Å². The zero-order chi connectivity index (χ0) is 8.97. The summed E-state index contributed by atoms with van der Waals surface area (Å²) in [5.41, 5.74) is 0.718. The van der Waals surface area contributed by atoms with Crippen LogP contribution in [-0.4, -0.2) is 64.6 Å². The normalized spacial score (nSPS) is 8.50. The van der Waals surface area contributed by atoms with Crippen LogP contribution >= 0.6 is 11.8 Å². The summed E-state index contributed by atoms with van der Waals surface area (Å²) < 4.78 is 0. The number of nitrogens with one attached hydrogen (secondary N) is 1.